The highest BCUT2D eigenvalue weighted by Gasteiger charge is 2.34. The van der Waals surface area contributed by atoms with Crippen molar-refractivity contribution in [3.63, 3.8) is 0 Å². The van der Waals surface area contributed by atoms with Gasteiger partial charge in [0.15, 0.2) is 0 Å². The Morgan fingerprint density at radius 1 is 0.548 bits per heavy atom. The van der Waals surface area contributed by atoms with Crippen molar-refractivity contribution < 1.29 is 18.0 Å². The van der Waals surface area contributed by atoms with Crippen molar-refractivity contribution in [1.29, 1.82) is 0 Å². The number of amides is 1. The summed E-state index contributed by atoms with van der Waals surface area (Å²) >= 11 is 0. The number of halogens is 3. The minimum Gasteiger partial charge on any atom is -0.311 e. The molecule has 0 fully saturated rings. The highest BCUT2D eigenvalue weighted by molar-refractivity contribution is 6.29. The molecule has 0 radical (unpaired) electrons. The SMILES string of the molecule is O=C1c2cccc3c(-c4ccc(N(c5ccccc5)c5ccccc5)cc4)ccc(c23)N1c1ccc(C(F)(F)F)cc1. The van der Waals surface area contributed by atoms with E-state index in [1.165, 1.54) is 17.0 Å². The number of alkyl halides is 3. The van der Waals surface area contributed by atoms with Crippen molar-refractivity contribution in [2.24, 2.45) is 0 Å². The molecule has 0 aromatic heterocycles. The lowest BCUT2D eigenvalue weighted by Crippen LogP contribution is -2.21. The predicted molar refractivity (Wildman–Crippen MR) is 162 cm³/mol. The van der Waals surface area contributed by atoms with Crippen LogP contribution in [0.2, 0.25) is 0 Å². The highest BCUT2D eigenvalue weighted by atomic mass is 19.4. The van der Waals surface area contributed by atoms with E-state index in [9.17, 15) is 18.0 Å². The molecule has 0 saturated carbocycles. The summed E-state index contributed by atoms with van der Waals surface area (Å²) in [5.41, 5.74) is 5.88. The van der Waals surface area contributed by atoms with Gasteiger partial charge in [0.2, 0.25) is 0 Å². The highest BCUT2D eigenvalue weighted by Crippen LogP contribution is 2.46. The van der Waals surface area contributed by atoms with Crippen LogP contribution in [-0.4, -0.2) is 5.91 Å². The molecule has 0 bridgehead atoms. The van der Waals surface area contributed by atoms with Crippen molar-refractivity contribution in [3.8, 4) is 11.1 Å². The van der Waals surface area contributed by atoms with Gasteiger partial charge in [0.1, 0.15) is 0 Å². The van der Waals surface area contributed by atoms with Crippen molar-refractivity contribution in [3.05, 3.63) is 151 Å². The van der Waals surface area contributed by atoms with Crippen molar-refractivity contribution >= 4 is 45.1 Å². The van der Waals surface area contributed by atoms with Gasteiger partial charge in [-0.25, -0.2) is 0 Å². The Bertz CT molecular complexity index is 1880. The minimum atomic E-state index is -4.44. The Balaban J connectivity index is 1.28. The van der Waals surface area contributed by atoms with E-state index < -0.39 is 11.7 Å². The van der Waals surface area contributed by atoms with Crippen molar-refractivity contribution in [1.82, 2.24) is 0 Å². The summed E-state index contributed by atoms with van der Waals surface area (Å²) in [5, 5.41) is 1.70. The zero-order valence-corrected chi connectivity index (χ0v) is 22.2. The lowest BCUT2D eigenvalue weighted by molar-refractivity contribution is -0.137. The average molecular weight is 557 g/mol. The van der Waals surface area contributed by atoms with Gasteiger partial charge in [-0.05, 0) is 89.3 Å². The Morgan fingerprint density at radius 3 is 1.74 bits per heavy atom. The second kappa shape index (κ2) is 9.93. The lowest BCUT2D eigenvalue weighted by Gasteiger charge is -2.25. The molecule has 0 spiro atoms. The molecular weight excluding hydrogens is 533 g/mol. The number of benzene rings is 6. The molecule has 6 heteroatoms. The van der Waals surface area contributed by atoms with Gasteiger partial charge in [-0.1, -0.05) is 66.7 Å². The fourth-order valence-corrected chi connectivity index (χ4v) is 5.68. The molecule has 0 atom stereocenters. The quantitative estimate of drug-likeness (QED) is 0.211. The first-order valence-corrected chi connectivity index (χ1v) is 13.5. The Labute approximate surface area is 240 Å². The minimum absolute atomic E-state index is 0.260. The molecule has 1 heterocycles. The van der Waals surface area contributed by atoms with Crippen molar-refractivity contribution in [2.75, 3.05) is 9.80 Å². The van der Waals surface area contributed by atoms with Crippen LogP contribution in [0.5, 0.6) is 0 Å². The summed E-state index contributed by atoms with van der Waals surface area (Å²) < 4.78 is 39.4. The summed E-state index contributed by atoms with van der Waals surface area (Å²) in [7, 11) is 0. The monoisotopic (exact) mass is 556 g/mol. The van der Waals surface area contributed by atoms with Gasteiger partial charge >= 0.3 is 6.18 Å². The fraction of sp³-hybridized carbons (Fsp3) is 0.0278. The summed E-state index contributed by atoms with van der Waals surface area (Å²) in [5.74, 6) is -0.260. The summed E-state index contributed by atoms with van der Waals surface area (Å²) in [6.45, 7) is 0. The van der Waals surface area contributed by atoms with E-state index in [0.717, 1.165) is 51.1 Å². The maximum Gasteiger partial charge on any atom is 0.416 e. The number of carbonyl (C=O) groups excluding carboxylic acids is 1. The van der Waals surface area contributed by atoms with E-state index in [4.69, 9.17) is 0 Å². The first-order valence-electron chi connectivity index (χ1n) is 13.5. The summed E-state index contributed by atoms with van der Waals surface area (Å²) in [4.78, 5) is 17.2. The topological polar surface area (TPSA) is 23.6 Å². The van der Waals surface area contributed by atoms with Crippen LogP contribution in [-0.2, 0) is 6.18 Å². The number of hydrogen-bond donors (Lipinski definition) is 0. The van der Waals surface area contributed by atoms with Crippen molar-refractivity contribution in [2.45, 2.75) is 6.18 Å². The molecule has 204 valence electrons. The number of rotatable bonds is 5. The zero-order chi connectivity index (χ0) is 28.8. The van der Waals surface area contributed by atoms with Crippen LogP contribution < -0.4 is 9.80 Å². The number of anilines is 5. The maximum absolute atomic E-state index is 13.5. The first-order chi connectivity index (χ1) is 20.4. The Morgan fingerprint density at radius 2 is 1.14 bits per heavy atom. The van der Waals surface area contributed by atoms with Crippen LogP contribution >= 0.6 is 0 Å². The van der Waals surface area contributed by atoms with E-state index in [1.807, 2.05) is 60.7 Å². The van der Waals surface area contributed by atoms with Gasteiger partial charge in [-0.15, -0.1) is 0 Å². The molecule has 7 rings (SSSR count). The van der Waals surface area contributed by atoms with Gasteiger partial charge in [0, 0.05) is 28.1 Å². The third kappa shape index (κ3) is 4.29. The second-order valence-corrected chi connectivity index (χ2v) is 10.1. The van der Waals surface area contributed by atoms with E-state index in [-0.39, 0.29) is 5.91 Å². The van der Waals surface area contributed by atoms with Crippen LogP contribution in [0.1, 0.15) is 15.9 Å². The zero-order valence-electron chi connectivity index (χ0n) is 22.2. The number of para-hydroxylation sites is 2. The number of hydrogen-bond acceptors (Lipinski definition) is 2. The molecule has 1 aliphatic rings. The van der Waals surface area contributed by atoms with E-state index in [0.29, 0.717) is 16.9 Å². The first kappa shape index (κ1) is 25.6. The lowest BCUT2D eigenvalue weighted by atomic mass is 9.95. The molecule has 42 heavy (non-hydrogen) atoms. The molecule has 0 unspecified atom stereocenters. The average Bonchev–Trinajstić information content (AvgIpc) is 3.31. The van der Waals surface area contributed by atoms with E-state index >= 15 is 0 Å². The smallest absolute Gasteiger partial charge is 0.311 e. The maximum atomic E-state index is 13.5. The van der Waals surface area contributed by atoms with Crippen LogP contribution in [0, 0.1) is 0 Å². The van der Waals surface area contributed by atoms with Crippen LogP contribution in [0.15, 0.2) is 140 Å². The molecular formula is C36H23F3N2O. The molecule has 1 amide bonds. The molecule has 6 aromatic carbocycles. The molecule has 3 nitrogen and oxygen atoms in total. The molecule has 1 aliphatic heterocycles. The summed E-state index contributed by atoms with van der Waals surface area (Å²) in [6, 6.07) is 42.8. The largest absolute Gasteiger partial charge is 0.416 e. The second-order valence-electron chi connectivity index (χ2n) is 10.1. The standard InChI is InChI=1S/C36H23F3N2O/c37-36(38,39)25-16-20-29(21-17-25)41-33-23-22-30(31-12-7-13-32(34(31)33)35(41)42)24-14-18-28(19-15-24)40(26-8-3-1-4-9-26)27-10-5-2-6-11-27/h1-23H. The van der Waals surface area contributed by atoms with Gasteiger partial charge in [-0.2, -0.15) is 13.2 Å². The molecule has 6 aromatic rings. The third-order valence-electron chi connectivity index (χ3n) is 7.61. The molecule has 0 N–H and O–H groups in total. The molecule has 0 aliphatic carbocycles. The van der Waals surface area contributed by atoms with Crippen LogP contribution in [0.3, 0.4) is 0 Å². The third-order valence-corrected chi connectivity index (χ3v) is 7.61. The van der Waals surface area contributed by atoms with Crippen LogP contribution in [0.4, 0.5) is 41.6 Å². The predicted octanol–water partition coefficient (Wildman–Crippen LogP) is 10.3. The van der Waals surface area contributed by atoms with Gasteiger partial charge < -0.3 is 4.90 Å². The Hall–Kier alpha value is -5.36. The normalized spacial score (nSPS) is 12.6. The number of nitrogens with zero attached hydrogens (tertiary/aromatic N) is 2. The van der Waals surface area contributed by atoms with Gasteiger partial charge in [0.05, 0.1) is 16.8 Å². The fourth-order valence-electron chi connectivity index (χ4n) is 5.68. The van der Waals surface area contributed by atoms with E-state index in [1.54, 1.807) is 6.07 Å². The van der Waals surface area contributed by atoms with E-state index in [2.05, 4.69) is 53.4 Å². The Kier molecular flexibility index (Phi) is 6.05. The van der Waals surface area contributed by atoms with Gasteiger partial charge in [0.25, 0.3) is 5.91 Å². The van der Waals surface area contributed by atoms with Gasteiger partial charge in [-0.3, -0.25) is 9.69 Å². The summed E-state index contributed by atoms with van der Waals surface area (Å²) in [6.07, 6.45) is -4.44. The van der Waals surface area contributed by atoms with Crippen LogP contribution in [0.25, 0.3) is 21.9 Å². The number of carbonyl (C=O) groups is 1. The molecule has 0 saturated heterocycles.